The van der Waals surface area contributed by atoms with Gasteiger partial charge in [-0.2, -0.15) is 0 Å². The Labute approximate surface area is 141 Å². The Morgan fingerprint density at radius 3 is 2.58 bits per heavy atom. The van der Waals surface area contributed by atoms with Crippen molar-refractivity contribution in [1.29, 1.82) is 0 Å². The van der Waals surface area contributed by atoms with Crippen molar-refractivity contribution in [1.82, 2.24) is 9.38 Å². The van der Waals surface area contributed by atoms with Crippen LogP contribution in [0.1, 0.15) is 5.69 Å². The second kappa shape index (κ2) is 6.13. The van der Waals surface area contributed by atoms with Crippen molar-refractivity contribution in [3.8, 4) is 11.3 Å². The molecule has 24 heavy (non-hydrogen) atoms. The first-order chi connectivity index (χ1) is 11.5. The molecule has 0 aliphatic heterocycles. The van der Waals surface area contributed by atoms with Crippen LogP contribution in [0.2, 0.25) is 5.02 Å². The van der Waals surface area contributed by atoms with Gasteiger partial charge in [0.15, 0.2) is 0 Å². The fourth-order valence-electron chi connectivity index (χ4n) is 2.31. The third-order valence-electron chi connectivity index (χ3n) is 3.38. The molecule has 0 unspecified atom stereocenters. The van der Waals surface area contributed by atoms with Crippen LogP contribution >= 0.6 is 11.6 Å². The maximum atomic E-state index is 11.1. The molecule has 120 valence electrons. The van der Waals surface area contributed by atoms with Gasteiger partial charge in [0, 0.05) is 30.0 Å². The summed E-state index contributed by atoms with van der Waals surface area (Å²) in [5, 5.41) is 11.3. The molecule has 3 rings (SSSR count). The van der Waals surface area contributed by atoms with Gasteiger partial charge >= 0.3 is 0 Å². The number of amides is 1. The number of nitrogens with two attached hydrogens (primary N) is 1. The van der Waals surface area contributed by atoms with Gasteiger partial charge < -0.3 is 5.73 Å². The van der Waals surface area contributed by atoms with Gasteiger partial charge in [0.25, 0.3) is 5.69 Å². The lowest BCUT2D eigenvalue weighted by atomic mass is 10.1. The number of pyridine rings is 1. The summed E-state index contributed by atoms with van der Waals surface area (Å²) >= 11 is 6.02. The van der Waals surface area contributed by atoms with Gasteiger partial charge in [0.1, 0.15) is 5.65 Å². The van der Waals surface area contributed by atoms with Gasteiger partial charge in [0.05, 0.1) is 21.3 Å². The number of hydrogen-bond acceptors (Lipinski definition) is 4. The van der Waals surface area contributed by atoms with E-state index < -0.39 is 10.8 Å². The van der Waals surface area contributed by atoms with Crippen LogP contribution in [0.3, 0.4) is 0 Å². The Hall–Kier alpha value is -3.19. The van der Waals surface area contributed by atoms with E-state index in [1.54, 1.807) is 34.9 Å². The van der Waals surface area contributed by atoms with Crippen molar-refractivity contribution in [3.63, 3.8) is 0 Å². The van der Waals surface area contributed by atoms with E-state index in [-0.39, 0.29) is 5.69 Å². The largest absolute Gasteiger partial charge is 0.366 e. The molecule has 0 spiro atoms. The molecule has 0 saturated carbocycles. The van der Waals surface area contributed by atoms with Gasteiger partial charge in [-0.1, -0.05) is 11.6 Å². The van der Waals surface area contributed by atoms with Crippen LogP contribution in [0.4, 0.5) is 5.69 Å². The smallest absolute Gasteiger partial charge is 0.269 e. The number of nitrogens with zero attached hydrogens (tertiary/aromatic N) is 3. The van der Waals surface area contributed by atoms with Crippen LogP contribution in [0.5, 0.6) is 0 Å². The summed E-state index contributed by atoms with van der Waals surface area (Å²) in [6.45, 7) is 0. The number of carbonyl (C=O) groups excluding carboxylic acids is 1. The van der Waals surface area contributed by atoms with Gasteiger partial charge in [-0.15, -0.1) is 0 Å². The summed E-state index contributed by atoms with van der Waals surface area (Å²) in [4.78, 5) is 25.9. The lowest BCUT2D eigenvalue weighted by Crippen LogP contribution is -2.05. The molecule has 0 fully saturated rings. The molecule has 0 saturated heterocycles. The lowest BCUT2D eigenvalue weighted by molar-refractivity contribution is -0.384. The molecule has 0 aliphatic carbocycles. The number of carbonyl (C=O) groups is 1. The minimum atomic E-state index is -0.596. The molecular formula is C16H11ClN4O3. The van der Waals surface area contributed by atoms with Gasteiger partial charge in [0.2, 0.25) is 5.91 Å². The van der Waals surface area contributed by atoms with Gasteiger partial charge in [-0.25, -0.2) is 4.98 Å². The number of aromatic nitrogens is 2. The third kappa shape index (κ3) is 2.97. The summed E-state index contributed by atoms with van der Waals surface area (Å²) in [5.74, 6) is -0.596. The fourth-order valence-corrected chi connectivity index (χ4v) is 2.47. The summed E-state index contributed by atoms with van der Waals surface area (Å²) < 4.78 is 1.72. The second-order valence-electron chi connectivity index (χ2n) is 4.96. The minimum Gasteiger partial charge on any atom is -0.366 e. The first-order valence-electron chi connectivity index (χ1n) is 6.85. The van der Waals surface area contributed by atoms with E-state index in [1.165, 1.54) is 24.3 Å². The number of primary amides is 1. The van der Waals surface area contributed by atoms with Gasteiger partial charge in [-0.3, -0.25) is 19.3 Å². The molecule has 0 aliphatic rings. The zero-order valence-corrected chi connectivity index (χ0v) is 13.0. The number of nitro benzene ring substituents is 1. The molecule has 3 aromatic rings. The van der Waals surface area contributed by atoms with E-state index in [0.717, 1.165) is 0 Å². The summed E-state index contributed by atoms with van der Waals surface area (Å²) in [6.07, 6.45) is 4.42. The molecule has 0 bridgehead atoms. The number of halogens is 1. The number of imidazole rings is 1. The van der Waals surface area contributed by atoms with E-state index in [9.17, 15) is 14.9 Å². The standard InChI is InChI=1S/C16H11ClN4O3/c17-11-3-8-15-19-16(10-1-4-12(5-2-10)21(23)24)13(20(15)9-11)6-7-14(18)22/h1-9H,(H2,18,22)/b7-6-. The average molecular weight is 343 g/mol. The fraction of sp³-hybridized carbons (Fsp3) is 0. The molecule has 2 aromatic heterocycles. The van der Waals surface area contributed by atoms with Crippen molar-refractivity contribution in [2.24, 2.45) is 5.73 Å². The Kier molecular flexibility index (Phi) is 4.01. The molecule has 1 amide bonds. The number of rotatable bonds is 4. The highest BCUT2D eigenvalue weighted by Crippen LogP contribution is 2.28. The number of benzene rings is 1. The van der Waals surface area contributed by atoms with Crippen molar-refractivity contribution in [2.75, 3.05) is 0 Å². The molecule has 0 radical (unpaired) electrons. The first-order valence-corrected chi connectivity index (χ1v) is 7.23. The Morgan fingerprint density at radius 2 is 1.96 bits per heavy atom. The van der Waals surface area contributed by atoms with E-state index in [2.05, 4.69) is 4.98 Å². The van der Waals surface area contributed by atoms with Crippen LogP contribution in [-0.4, -0.2) is 20.2 Å². The van der Waals surface area contributed by atoms with E-state index in [4.69, 9.17) is 17.3 Å². The van der Waals surface area contributed by atoms with Crippen LogP contribution in [-0.2, 0) is 4.79 Å². The topological polar surface area (TPSA) is 104 Å². The summed E-state index contributed by atoms with van der Waals surface area (Å²) in [7, 11) is 0. The molecule has 7 nitrogen and oxygen atoms in total. The minimum absolute atomic E-state index is 0.0141. The van der Waals surface area contributed by atoms with Crippen molar-refractivity contribution in [3.05, 3.63) is 69.5 Å². The number of hydrogen-bond donors (Lipinski definition) is 1. The normalized spacial score (nSPS) is 11.2. The molecular weight excluding hydrogens is 332 g/mol. The zero-order valence-electron chi connectivity index (χ0n) is 12.2. The molecule has 0 atom stereocenters. The summed E-state index contributed by atoms with van der Waals surface area (Å²) in [5.41, 5.74) is 7.60. The number of fused-ring (bicyclic) bond motifs is 1. The maximum Gasteiger partial charge on any atom is 0.269 e. The highest BCUT2D eigenvalue weighted by molar-refractivity contribution is 6.30. The van der Waals surface area contributed by atoms with Crippen molar-refractivity contribution >= 4 is 34.9 Å². The Bertz CT molecular complexity index is 977. The van der Waals surface area contributed by atoms with Crippen LogP contribution in [0.15, 0.2) is 48.7 Å². The highest BCUT2D eigenvalue weighted by Gasteiger charge is 2.14. The monoisotopic (exact) mass is 342 g/mol. The first kappa shape index (κ1) is 15.7. The second-order valence-corrected chi connectivity index (χ2v) is 5.40. The molecule has 8 heteroatoms. The van der Waals surface area contributed by atoms with Crippen LogP contribution < -0.4 is 5.73 Å². The van der Waals surface area contributed by atoms with E-state index >= 15 is 0 Å². The summed E-state index contributed by atoms with van der Waals surface area (Å²) in [6, 6.07) is 9.43. The molecule has 1 aromatic carbocycles. The number of non-ortho nitro benzene ring substituents is 1. The SMILES string of the molecule is NC(=O)/C=C\c1c(-c2ccc([N+](=O)[O-])cc2)nc2ccc(Cl)cn12. The lowest BCUT2D eigenvalue weighted by Gasteiger charge is -2.01. The molecule has 2 N–H and O–H groups in total. The van der Waals surface area contributed by atoms with Crippen molar-refractivity contribution in [2.45, 2.75) is 0 Å². The average Bonchev–Trinajstić information content (AvgIpc) is 2.90. The van der Waals surface area contributed by atoms with Crippen LogP contribution in [0, 0.1) is 10.1 Å². The Balaban J connectivity index is 2.20. The van der Waals surface area contributed by atoms with Crippen molar-refractivity contribution < 1.29 is 9.72 Å². The number of nitro groups is 1. The Morgan fingerprint density at radius 1 is 1.25 bits per heavy atom. The van der Waals surface area contributed by atoms with E-state index in [0.29, 0.717) is 27.6 Å². The third-order valence-corrected chi connectivity index (χ3v) is 3.60. The molecule has 2 heterocycles. The maximum absolute atomic E-state index is 11.1. The zero-order chi connectivity index (χ0) is 17.3. The van der Waals surface area contributed by atoms with E-state index in [1.807, 2.05) is 0 Å². The highest BCUT2D eigenvalue weighted by atomic mass is 35.5. The van der Waals surface area contributed by atoms with Crippen LogP contribution in [0.25, 0.3) is 23.0 Å². The quantitative estimate of drug-likeness (QED) is 0.447. The van der Waals surface area contributed by atoms with Gasteiger partial charge in [-0.05, 0) is 30.3 Å². The predicted octanol–water partition coefficient (Wildman–Crippen LogP) is 3.06. The predicted molar refractivity (Wildman–Crippen MR) is 90.5 cm³/mol.